The molecular formula is C23H30FN3O8S. The highest BCUT2D eigenvalue weighted by Crippen LogP contribution is 2.39. The van der Waals surface area contributed by atoms with Crippen LogP contribution in [0.15, 0.2) is 17.1 Å². The first-order chi connectivity index (χ1) is 16.7. The number of aromatic nitrogens is 1. The average molecular weight is 528 g/mol. The van der Waals surface area contributed by atoms with E-state index in [1.54, 1.807) is 11.5 Å². The Kier molecular flexibility index (Phi) is 8.06. The summed E-state index contributed by atoms with van der Waals surface area (Å²) in [5.41, 5.74) is 6.33. The second kappa shape index (κ2) is 10.5. The van der Waals surface area contributed by atoms with Gasteiger partial charge in [0.25, 0.3) is 10.1 Å². The minimum absolute atomic E-state index is 0.00425. The second-order valence-electron chi connectivity index (χ2n) is 9.20. The SMILES string of the molecule is CC(N)C(=O)OC1CCN(c2c(F)cc3c(=O)c(C(=O)O)cn4c3c2CCC4C)CC1.CS(=O)(=O)O. The Morgan fingerprint density at radius 2 is 1.83 bits per heavy atom. The largest absolute Gasteiger partial charge is 0.477 e. The molecule has 3 heterocycles. The molecule has 2 unspecified atom stereocenters. The van der Waals surface area contributed by atoms with Gasteiger partial charge in [-0.2, -0.15) is 8.42 Å². The molecule has 0 radical (unpaired) electrons. The van der Waals surface area contributed by atoms with E-state index < -0.39 is 39.3 Å². The first-order valence-corrected chi connectivity index (χ1v) is 13.3. The molecule has 2 atom stereocenters. The monoisotopic (exact) mass is 527 g/mol. The Balaban J connectivity index is 0.000000658. The topological polar surface area (TPSA) is 169 Å². The number of piperidine rings is 1. The van der Waals surface area contributed by atoms with E-state index in [-0.39, 0.29) is 23.1 Å². The second-order valence-corrected chi connectivity index (χ2v) is 10.7. The molecule has 2 aliphatic rings. The van der Waals surface area contributed by atoms with Crippen LogP contribution in [0.25, 0.3) is 10.9 Å². The van der Waals surface area contributed by atoms with Gasteiger partial charge in [-0.1, -0.05) is 0 Å². The summed E-state index contributed by atoms with van der Waals surface area (Å²) in [5.74, 6) is -2.30. The van der Waals surface area contributed by atoms with Crippen molar-refractivity contribution >= 4 is 38.6 Å². The smallest absolute Gasteiger partial charge is 0.341 e. The van der Waals surface area contributed by atoms with Crippen molar-refractivity contribution in [2.75, 3.05) is 24.2 Å². The Labute approximate surface area is 207 Å². The zero-order valence-corrected chi connectivity index (χ0v) is 21.0. The van der Waals surface area contributed by atoms with E-state index in [0.29, 0.717) is 56.2 Å². The fraction of sp³-hybridized carbons (Fsp3) is 0.522. The number of hydrogen-bond donors (Lipinski definition) is 3. The summed E-state index contributed by atoms with van der Waals surface area (Å²) in [5, 5.41) is 9.51. The van der Waals surface area contributed by atoms with Gasteiger partial charge in [0.15, 0.2) is 0 Å². The summed E-state index contributed by atoms with van der Waals surface area (Å²) in [6.45, 7) is 4.53. The molecule has 198 valence electrons. The summed E-state index contributed by atoms with van der Waals surface area (Å²) in [7, 11) is -3.67. The van der Waals surface area contributed by atoms with Crippen LogP contribution in [0.5, 0.6) is 0 Å². The van der Waals surface area contributed by atoms with Crippen LogP contribution in [0.4, 0.5) is 10.1 Å². The number of carboxylic acid groups (broad SMARTS) is 1. The molecule has 2 aliphatic heterocycles. The van der Waals surface area contributed by atoms with Gasteiger partial charge in [0.2, 0.25) is 5.43 Å². The van der Waals surface area contributed by atoms with Crippen molar-refractivity contribution in [2.45, 2.75) is 57.7 Å². The first-order valence-electron chi connectivity index (χ1n) is 11.5. The van der Waals surface area contributed by atoms with Gasteiger partial charge in [-0.25, -0.2) is 9.18 Å². The number of ether oxygens (including phenoxy) is 1. The van der Waals surface area contributed by atoms with Gasteiger partial charge in [-0.05, 0) is 32.8 Å². The Bertz CT molecular complexity index is 1340. The van der Waals surface area contributed by atoms with E-state index in [2.05, 4.69) is 0 Å². The van der Waals surface area contributed by atoms with Gasteiger partial charge in [0, 0.05) is 49.1 Å². The van der Waals surface area contributed by atoms with Crippen LogP contribution in [0.1, 0.15) is 55.1 Å². The van der Waals surface area contributed by atoms with Crippen molar-refractivity contribution in [1.82, 2.24) is 4.57 Å². The summed E-state index contributed by atoms with van der Waals surface area (Å²) >= 11 is 0. The van der Waals surface area contributed by atoms with Crippen molar-refractivity contribution in [3.05, 3.63) is 39.4 Å². The van der Waals surface area contributed by atoms with E-state index in [1.807, 2.05) is 11.8 Å². The maximum atomic E-state index is 15.3. The molecule has 13 heteroatoms. The quantitative estimate of drug-likeness (QED) is 0.393. The van der Waals surface area contributed by atoms with E-state index in [0.717, 1.165) is 5.56 Å². The van der Waals surface area contributed by atoms with E-state index in [9.17, 15) is 27.9 Å². The maximum Gasteiger partial charge on any atom is 0.341 e. The molecule has 11 nitrogen and oxygen atoms in total. The van der Waals surface area contributed by atoms with Crippen molar-refractivity contribution in [3.63, 3.8) is 0 Å². The van der Waals surface area contributed by atoms with Crippen molar-refractivity contribution in [1.29, 1.82) is 0 Å². The first kappa shape index (κ1) is 27.6. The fourth-order valence-electron chi connectivity index (χ4n) is 4.60. The molecule has 4 N–H and O–H groups in total. The summed E-state index contributed by atoms with van der Waals surface area (Å²) in [6, 6.07) is 0.477. The lowest BCUT2D eigenvalue weighted by atomic mass is 9.93. The van der Waals surface area contributed by atoms with Crippen molar-refractivity contribution in [2.24, 2.45) is 5.73 Å². The third-order valence-electron chi connectivity index (χ3n) is 6.27. The van der Waals surface area contributed by atoms with Gasteiger partial charge in [-0.15, -0.1) is 0 Å². The zero-order valence-electron chi connectivity index (χ0n) is 20.2. The van der Waals surface area contributed by atoms with Crippen LogP contribution in [0, 0.1) is 5.82 Å². The predicted octanol–water partition coefficient (Wildman–Crippen LogP) is 1.71. The van der Waals surface area contributed by atoms with Gasteiger partial charge < -0.3 is 25.0 Å². The van der Waals surface area contributed by atoms with Gasteiger partial charge in [0.1, 0.15) is 23.5 Å². The zero-order chi connectivity index (χ0) is 26.9. The van der Waals surface area contributed by atoms with E-state index in [4.69, 9.17) is 15.0 Å². The van der Waals surface area contributed by atoms with Gasteiger partial charge in [-0.3, -0.25) is 14.1 Å². The Morgan fingerprint density at radius 3 is 2.36 bits per heavy atom. The van der Waals surface area contributed by atoms with Crippen molar-refractivity contribution < 1.29 is 36.8 Å². The highest BCUT2D eigenvalue weighted by molar-refractivity contribution is 7.85. The number of benzene rings is 1. The standard InChI is InChI=1S/C22H26FN3O5.CH4O3S/c1-11-3-4-14-18-15(20(27)16(21(28)29)10-26(11)18)9-17(23)19(14)25-7-5-13(6-8-25)31-22(30)12(2)24;1-5(2,3)4/h9-13H,3-8,24H2,1-2H3,(H,28,29);1H3,(H,2,3,4). The van der Waals surface area contributed by atoms with E-state index >= 15 is 4.39 Å². The van der Waals surface area contributed by atoms with Gasteiger partial charge in [0.05, 0.1) is 17.5 Å². The molecule has 1 fully saturated rings. The minimum atomic E-state index is -3.67. The molecule has 0 spiro atoms. The number of aromatic carboxylic acids is 1. The fourth-order valence-corrected chi connectivity index (χ4v) is 4.60. The number of hydrogen-bond acceptors (Lipinski definition) is 8. The number of carbonyl (C=O) groups excluding carboxylic acids is 1. The summed E-state index contributed by atoms with van der Waals surface area (Å²) in [4.78, 5) is 37.9. The summed E-state index contributed by atoms with van der Waals surface area (Å²) in [6.07, 6.45) is 4.24. The van der Waals surface area contributed by atoms with Crippen LogP contribution in [-0.2, 0) is 26.1 Å². The minimum Gasteiger partial charge on any atom is -0.477 e. The average Bonchev–Trinajstić information content (AvgIpc) is 2.76. The van der Waals surface area contributed by atoms with Crippen LogP contribution in [0.2, 0.25) is 0 Å². The third-order valence-corrected chi connectivity index (χ3v) is 6.27. The number of pyridine rings is 1. The highest BCUT2D eigenvalue weighted by Gasteiger charge is 2.31. The van der Waals surface area contributed by atoms with E-state index in [1.165, 1.54) is 12.3 Å². The molecule has 0 amide bonds. The molecule has 1 aromatic heterocycles. The van der Waals surface area contributed by atoms with Crippen LogP contribution < -0.4 is 16.1 Å². The lowest BCUT2D eigenvalue weighted by molar-refractivity contribution is -0.151. The number of nitrogens with two attached hydrogens (primary N) is 1. The number of carbonyl (C=O) groups is 2. The molecule has 0 aliphatic carbocycles. The molecule has 36 heavy (non-hydrogen) atoms. The van der Waals surface area contributed by atoms with Crippen LogP contribution >= 0.6 is 0 Å². The maximum absolute atomic E-state index is 15.3. The predicted molar refractivity (Wildman–Crippen MR) is 131 cm³/mol. The highest BCUT2D eigenvalue weighted by atomic mass is 32.2. The molecule has 0 saturated carbocycles. The molecule has 1 saturated heterocycles. The number of rotatable bonds is 4. The number of esters is 1. The molecule has 4 rings (SSSR count). The lowest BCUT2D eigenvalue weighted by Crippen LogP contribution is -2.41. The third kappa shape index (κ3) is 6.02. The van der Waals surface area contributed by atoms with Crippen LogP contribution in [0.3, 0.4) is 0 Å². The van der Waals surface area contributed by atoms with Crippen molar-refractivity contribution in [3.8, 4) is 0 Å². The molecule has 0 bridgehead atoms. The molecule has 1 aromatic carbocycles. The Hall–Kier alpha value is -3.03. The van der Waals surface area contributed by atoms with Gasteiger partial charge >= 0.3 is 11.9 Å². The number of carboxylic acids is 1. The lowest BCUT2D eigenvalue weighted by Gasteiger charge is -2.37. The number of nitrogens with zero attached hydrogens (tertiary/aromatic N) is 2. The number of halogens is 1. The number of anilines is 1. The Morgan fingerprint density at radius 1 is 1.25 bits per heavy atom. The molecular weight excluding hydrogens is 497 g/mol. The number of aryl methyl sites for hydroxylation is 1. The van der Waals surface area contributed by atoms with Crippen LogP contribution in [-0.4, -0.2) is 66.1 Å². The molecule has 2 aromatic rings. The normalized spacial score (nSPS) is 18.8. The summed E-state index contributed by atoms with van der Waals surface area (Å²) < 4.78 is 48.4.